The first-order valence-electron chi connectivity index (χ1n) is 5.96. The Labute approximate surface area is 101 Å². The van der Waals surface area contributed by atoms with Gasteiger partial charge in [0, 0.05) is 30.1 Å². The summed E-state index contributed by atoms with van der Waals surface area (Å²) in [6.07, 6.45) is 1.13. The fourth-order valence-electron chi connectivity index (χ4n) is 2.23. The molecule has 0 saturated carbocycles. The molecule has 1 amide bonds. The summed E-state index contributed by atoms with van der Waals surface area (Å²) in [5.41, 5.74) is 5.88. The maximum absolute atomic E-state index is 12.2. The quantitative estimate of drug-likeness (QED) is 0.760. The molecule has 0 aromatic heterocycles. The maximum atomic E-state index is 12.2. The largest absolute Gasteiger partial charge is 0.379 e. The molecule has 0 bridgehead atoms. The van der Waals surface area contributed by atoms with E-state index in [-0.39, 0.29) is 17.9 Å². The number of nitrogens with zero attached hydrogens (tertiary/aromatic N) is 1. The third-order valence-electron chi connectivity index (χ3n) is 3.35. The summed E-state index contributed by atoms with van der Waals surface area (Å²) < 4.78 is 5.26. The lowest BCUT2D eigenvalue weighted by atomic mass is 10.0. The summed E-state index contributed by atoms with van der Waals surface area (Å²) in [5, 5.41) is 0.594. The molecule has 2 aliphatic rings. The normalized spacial score (nSPS) is 35.4. The van der Waals surface area contributed by atoms with E-state index in [1.165, 1.54) is 0 Å². The molecule has 2 fully saturated rings. The van der Waals surface area contributed by atoms with Gasteiger partial charge in [0.25, 0.3) is 0 Å². The van der Waals surface area contributed by atoms with Crippen LogP contribution in [0.25, 0.3) is 0 Å². The van der Waals surface area contributed by atoms with Gasteiger partial charge in [-0.2, -0.15) is 11.8 Å². The van der Waals surface area contributed by atoms with Crippen molar-refractivity contribution in [3.63, 3.8) is 0 Å². The van der Waals surface area contributed by atoms with Gasteiger partial charge in [-0.15, -0.1) is 0 Å². The molecule has 2 N–H and O–H groups in total. The topological polar surface area (TPSA) is 55.6 Å². The summed E-state index contributed by atoms with van der Waals surface area (Å²) >= 11 is 1.97. The number of hydrogen-bond donors (Lipinski definition) is 1. The predicted octanol–water partition coefficient (Wildman–Crippen LogP) is 0.314. The Balaban J connectivity index is 1.93. The van der Waals surface area contributed by atoms with Crippen LogP contribution in [0.1, 0.15) is 13.3 Å². The molecule has 4 nitrogen and oxygen atoms in total. The summed E-state index contributed by atoms with van der Waals surface area (Å²) in [4.78, 5) is 14.2. The smallest absolute Gasteiger partial charge is 0.229 e. The number of nitrogens with two attached hydrogens (primary N) is 1. The molecular weight excluding hydrogens is 224 g/mol. The molecule has 5 heteroatoms. The third kappa shape index (κ3) is 2.52. The van der Waals surface area contributed by atoms with Crippen LogP contribution in [-0.4, -0.2) is 54.2 Å². The molecule has 3 atom stereocenters. The first-order chi connectivity index (χ1) is 7.72. The van der Waals surface area contributed by atoms with Gasteiger partial charge in [0.15, 0.2) is 0 Å². The van der Waals surface area contributed by atoms with E-state index in [2.05, 4.69) is 6.92 Å². The van der Waals surface area contributed by atoms with Gasteiger partial charge in [0.2, 0.25) is 5.91 Å². The molecule has 0 radical (unpaired) electrons. The number of carbonyl (C=O) groups is 1. The highest BCUT2D eigenvalue weighted by Crippen LogP contribution is 2.24. The highest BCUT2D eigenvalue weighted by atomic mass is 32.2. The molecule has 0 aromatic rings. The number of amides is 1. The van der Waals surface area contributed by atoms with Crippen molar-refractivity contribution in [1.29, 1.82) is 0 Å². The van der Waals surface area contributed by atoms with Crippen LogP contribution in [-0.2, 0) is 9.53 Å². The van der Waals surface area contributed by atoms with Gasteiger partial charge in [-0.25, -0.2) is 0 Å². The predicted molar refractivity (Wildman–Crippen MR) is 65.4 cm³/mol. The van der Waals surface area contributed by atoms with Crippen molar-refractivity contribution in [1.82, 2.24) is 4.90 Å². The minimum atomic E-state index is -0.111. The zero-order valence-electron chi connectivity index (χ0n) is 9.72. The molecule has 0 aliphatic carbocycles. The highest BCUT2D eigenvalue weighted by molar-refractivity contribution is 8.00. The Hall–Kier alpha value is -0.260. The van der Waals surface area contributed by atoms with Crippen LogP contribution >= 0.6 is 11.8 Å². The highest BCUT2D eigenvalue weighted by Gasteiger charge is 2.35. The molecule has 2 aliphatic heterocycles. The average Bonchev–Trinajstić information content (AvgIpc) is 2.74. The van der Waals surface area contributed by atoms with Gasteiger partial charge >= 0.3 is 0 Å². The summed E-state index contributed by atoms with van der Waals surface area (Å²) in [7, 11) is 0. The van der Waals surface area contributed by atoms with Gasteiger partial charge < -0.3 is 15.4 Å². The van der Waals surface area contributed by atoms with Crippen molar-refractivity contribution >= 4 is 17.7 Å². The van der Waals surface area contributed by atoms with Crippen LogP contribution in [0.4, 0.5) is 0 Å². The van der Waals surface area contributed by atoms with Crippen molar-refractivity contribution in [2.45, 2.75) is 24.6 Å². The van der Waals surface area contributed by atoms with Crippen LogP contribution in [0.3, 0.4) is 0 Å². The Morgan fingerprint density at radius 2 is 2.38 bits per heavy atom. The monoisotopic (exact) mass is 244 g/mol. The summed E-state index contributed by atoms with van der Waals surface area (Å²) in [6.45, 7) is 4.94. The van der Waals surface area contributed by atoms with E-state index in [1.54, 1.807) is 0 Å². The van der Waals surface area contributed by atoms with E-state index in [4.69, 9.17) is 10.5 Å². The van der Waals surface area contributed by atoms with E-state index in [0.29, 0.717) is 18.5 Å². The third-order valence-corrected chi connectivity index (χ3v) is 4.72. The van der Waals surface area contributed by atoms with Gasteiger partial charge in [0.1, 0.15) is 0 Å². The number of thioether (sulfide) groups is 1. The number of ether oxygens (including phenoxy) is 1. The minimum absolute atomic E-state index is 0.109. The molecule has 0 spiro atoms. The van der Waals surface area contributed by atoms with Crippen molar-refractivity contribution in [3.8, 4) is 0 Å². The maximum Gasteiger partial charge on any atom is 0.229 e. The zero-order chi connectivity index (χ0) is 11.5. The lowest BCUT2D eigenvalue weighted by Crippen LogP contribution is -2.48. The number of rotatable bonds is 2. The first-order valence-corrected chi connectivity index (χ1v) is 7.01. The van der Waals surface area contributed by atoms with Gasteiger partial charge in [0.05, 0.1) is 19.1 Å². The fraction of sp³-hybridized carbons (Fsp3) is 0.909. The Kier molecular flexibility index (Phi) is 4.10. The Morgan fingerprint density at radius 1 is 1.56 bits per heavy atom. The Morgan fingerprint density at radius 3 is 3.00 bits per heavy atom. The zero-order valence-corrected chi connectivity index (χ0v) is 10.5. The first kappa shape index (κ1) is 12.2. The van der Waals surface area contributed by atoms with Crippen LogP contribution < -0.4 is 5.73 Å². The SMILES string of the molecule is CCC1CN(C(=O)C2COCC2N)CCS1. The van der Waals surface area contributed by atoms with Gasteiger partial charge in [-0.3, -0.25) is 4.79 Å². The second-order valence-electron chi connectivity index (χ2n) is 4.49. The Bertz CT molecular complexity index is 262. The molecular formula is C11H20N2O2S. The van der Waals surface area contributed by atoms with Gasteiger partial charge in [-0.05, 0) is 6.42 Å². The second-order valence-corrected chi connectivity index (χ2v) is 5.90. The lowest BCUT2D eigenvalue weighted by Gasteiger charge is -2.34. The van der Waals surface area contributed by atoms with E-state index < -0.39 is 0 Å². The molecule has 2 heterocycles. The summed E-state index contributed by atoms with van der Waals surface area (Å²) in [6, 6.07) is -0.109. The molecule has 0 aromatic carbocycles. The van der Waals surface area contributed by atoms with E-state index in [9.17, 15) is 4.79 Å². The van der Waals surface area contributed by atoms with Crippen LogP contribution in [0.5, 0.6) is 0 Å². The van der Waals surface area contributed by atoms with Crippen LogP contribution in [0.15, 0.2) is 0 Å². The van der Waals surface area contributed by atoms with E-state index in [0.717, 1.165) is 25.3 Å². The molecule has 16 heavy (non-hydrogen) atoms. The molecule has 2 saturated heterocycles. The van der Waals surface area contributed by atoms with E-state index in [1.807, 2.05) is 16.7 Å². The summed E-state index contributed by atoms with van der Waals surface area (Å²) in [5.74, 6) is 1.14. The average molecular weight is 244 g/mol. The molecule has 3 unspecified atom stereocenters. The standard InChI is InChI=1S/C11H20N2O2S/c1-2-8-5-13(3-4-16-8)11(14)9-6-15-7-10(9)12/h8-10H,2-7,12H2,1H3. The molecule has 92 valence electrons. The van der Waals surface area contributed by atoms with E-state index >= 15 is 0 Å². The van der Waals surface area contributed by atoms with Crippen LogP contribution in [0.2, 0.25) is 0 Å². The van der Waals surface area contributed by atoms with Crippen molar-refractivity contribution in [3.05, 3.63) is 0 Å². The van der Waals surface area contributed by atoms with Crippen molar-refractivity contribution in [2.24, 2.45) is 11.7 Å². The van der Waals surface area contributed by atoms with Crippen LogP contribution in [0, 0.1) is 5.92 Å². The second kappa shape index (κ2) is 5.38. The van der Waals surface area contributed by atoms with Crippen molar-refractivity contribution in [2.75, 3.05) is 32.1 Å². The lowest BCUT2D eigenvalue weighted by molar-refractivity contribution is -0.135. The number of hydrogen-bond acceptors (Lipinski definition) is 4. The van der Waals surface area contributed by atoms with Crippen molar-refractivity contribution < 1.29 is 9.53 Å². The molecule has 2 rings (SSSR count). The number of carbonyl (C=O) groups excluding carboxylic acids is 1. The fourth-order valence-corrected chi connectivity index (χ4v) is 3.41. The van der Waals surface area contributed by atoms with Gasteiger partial charge in [-0.1, -0.05) is 6.92 Å². The minimum Gasteiger partial charge on any atom is -0.379 e.